The maximum absolute atomic E-state index is 6.26. The molecule has 2 unspecified atom stereocenters. The Morgan fingerprint density at radius 1 is 1.22 bits per heavy atom. The summed E-state index contributed by atoms with van der Waals surface area (Å²) in [7, 11) is 2.13. The minimum absolute atomic E-state index is 0.192. The largest absolute Gasteiger partial charge is 0.326 e. The van der Waals surface area contributed by atoms with E-state index in [0.717, 1.165) is 30.7 Å². The summed E-state index contributed by atoms with van der Waals surface area (Å²) < 4.78 is 0. The molecule has 2 N–H and O–H groups in total. The molecule has 0 bridgehead atoms. The molecule has 3 heteroatoms. The van der Waals surface area contributed by atoms with Crippen molar-refractivity contribution in [3.8, 4) is 0 Å². The summed E-state index contributed by atoms with van der Waals surface area (Å²) in [4.78, 5) is 7.07. The number of para-hydroxylation sites is 1. The number of fused-ring (bicyclic) bond motifs is 1. The van der Waals surface area contributed by atoms with Gasteiger partial charge in [-0.1, -0.05) is 24.3 Å². The molecule has 0 radical (unpaired) electrons. The lowest BCUT2D eigenvalue weighted by Crippen LogP contribution is -2.45. The number of likely N-dealkylation sites (N-methyl/N-ethyl adjacent to an activating group) is 1. The molecule has 1 aliphatic rings. The Morgan fingerprint density at radius 2 is 2.06 bits per heavy atom. The van der Waals surface area contributed by atoms with Crippen LogP contribution in [0.15, 0.2) is 36.4 Å². The van der Waals surface area contributed by atoms with Gasteiger partial charge in [0.05, 0.1) is 5.52 Å². The number of nitrogens with two attached hydrogens (primary N) is 1. The van der Waals surface area contributed by atoms with Crippen LogP contribution in [-0.4, -0.2) is 36.1 Å². The number of hydrogen-bond donors (Lipinski definition) is 1. The van der Waals surface area contributed by atoms with E-state index < -0.39 is 0 Å². The van der Waals surface area contributed by atoms with Gasteiger partial charge in [-0.25, -0.2) is 0 Å². The molecule has 1 fully saturated rings. The second-order valence-electron chi connectivity index (χ2n) is 5.25. The van der Waals surface area contributed by atoms with Crippen LogP contribution in [0, 0.1) is 0 Å². The fourth-order valence-electron chi connectivity index (χ4n) is 2.81. The maximum Gasteiger partial charge on any atom is 0.0705 e. The van der Waals surface area contributed by atoms with Crippen molar-refractivity contribution in [3.05, 3.63) is 42.1 Å². The van der Waals surface area contributed by atoms with Crippen molar-refractivity contribution < 1.29 is 0 Å². The molecule has 1 aromatic carbocycles. The second kappa shape index (κ2) is 4.67. The smallest absolute Gasteiger partial charge is 0.0705 e. The first-order valence-electron chi connectivity index (χ1n) is 6.54. The Kier molecular flexibility index (Phi) is 3.02. The van der Waals surface area contributed by atoms with E-state index in [1.807, 2.05) is 12.1 Å². The molecule has 0 saturated carbocycles. The highest BCUT2D eigenvalue weighted by molar-refractivity contribution is 5.78. The highest BCUT2D eigenvalue weighted by atomic mass is 15.1. The van der Waals surface area contributed by atoms with Crippen molar-refractivity contribution >= 4 is 10.9 Å². The van der Waals surface area contributed by atoms with E-state index in [2.05, 4.69) is 36.2 Å². The molecule has 2 aromatic rings. The molecule has 94 valence electrons. The number of rotatable bonds is 1. The summed E-state index contributed by atoms with van der Waals surface area (Å²) in [5, 5.41) is 1.20. The van der Waals surface area contributed by atoms with Crippen LogP contribution in [0.2, 0.25) is 0 Å². The Balaban J connectivity index is 1.94. The third kappa shape index (κ3) is 2.11. The fraction of sp³-hybridized carbons (Fsp3) is 0.400. The lowest BCUT2D eigenvalue weighted by molar-refractivity contribution is 0.226. The van der Waals surface area contributed by atoms with Crippen LogP contribution in [-0.2, 0) is 0 Å². The van der Waals surface area contributed by atoms with E-state index in [1.165, 1.54) is 5.39 Å². The minimum Gasteiger partial charge on any atom is -0.326 e. The monoisotopic (exact) mass is 241 g/mol. The number of aromatic nitrogens is 1. The standard InChI is InChI=1S/C15H19N3/c1-18-9-8-12(13(16)10-18)15-7-6-11-4-2-3-5-14(11)17-15/h2-7,12-13H,8-10,16H2,1H3. The molecule has 0 amide bonds. The quantitative estimate of drug-likeness (QED) is 0.830. The van der Waals surface area contributed by atoms with Gasteiger partial charge in [0.15, 0.2) is 0 Å². The molecule has 1 saturated heterocycles. The van der Waals surface area contributed by atoms with Crippen LogP contribution in [0.4, 0.5) is 0 Å². The average Bonchev–Trinajstić information content (AvgIpc) is 2.38. The topological polar surface area (TPSA) is 42.2 Å². The zero-order chi connectivity index (χ0) is 12.5. The zero-order valence-electron chi connectivity index (χ0n) is 10.7. The van der Waals surface area contributed by atoms with Crippen molar-refractivity contribution in [2.45, 2.75) is 18.4 Å². The van der Waals surface area contributed by atoms with Gasteiger partial charge < -0.3 is 10.6 Å². The van der Waals surface area contributed by atoms with Gasteiger partial charge in [-0.15, -0.1) is 0 Å². The first kappa shape index (κ1) is 11.6. The molecular weight excluding hydrogens is 222 g/mol. The van der Waals surface area contributed by atoms with Crippen molar-refractivity contribution in [2.75, 3.05) is 20.1 Å². The number of benzene rings is 1. The number of hydrogen-bond acceptors (Lipinski definition) is 3. The number of piperidine rings is 1. The predicted octanol–water partition coefficient (Wildman–Crippen LogP) is 1.98. The van der Waals surface area contributed by atoms with Crippen molar-refractivity contribution in [1.29, 1.82) is 0 Å². The Labute approximate surface area is 108 Å². The van der Waals surface area contributed by atoms with Gasteiger partial charge in [-0.2, -0.15) is 0 Å². The van der Waals surface area contributed by atoms with E-state index in [4.69, 9.17) is 10.7 Å². The van der Waals surface area contributed by atoms with Gasteiger partial charge >= 0.3 is 0 Å². The van der Waals surface area contributed by atoms with E-state index >= 15 is 0 Å². The highest BCUT2D eigenvalue weighted by Gasteiger charge is 2.26. The highest BCUT2D eigenvalue weighted by Crippen LogP contribution is 2.26. The van der Waals surface area contributed by atoms with Crippen molar-refractivity contribution in [1.82, 2.24) is 9.88 Å². The van der Waals surface area contributed by atoms with E-state index in [-0.39, 0.29) is 6.04 Å². The molecule has 3 nitrogen and oxygen atoms in total. The van der Waals surface area contributed by atoms with Gasteiger partial charge in [0.1, 0.15) is 0 Å². The Bertz CT molecular complexity index is 552. The maximum atomic E-state index is 6.26. The van der Waals surface area contributed by atoms with Crippen LogP contribution < -0.4 is 5.73 Å². The summed E-state index contributed by atoms with van der Waals surface area (Å²) in [5.41, 5.74) is 8.48. The minimum atomic E-state index is 0.192. The van der Waals surface area contributed by atoms with Gasteiger partial charge in [-0.3, -0.25) is 4.98 Å². The number of nitrogens with zero attached hydrogens (tertiary/aromatic N) is 2. The second-order valence-corrected chi connectivity index (χ2v) is 5.25. The van der Waals surface area contributed by atoms with E-state index in [0.29, 0.717) is 5.92 Å². The zero-order valence-corrected chi connectivity index (χ0v) is 10.7. The third-order valence-electron chi connectivity index (χ3n) is 3.86. The molecule has 0 spiro atoms. The van der Waals surface area contributed by atoms with Gasteiger partial charge in [0.25, 0.3) is 0 Å². The van der Waals surface area contributed by atoms with Gasteiger partial charge in [0.2, 0.25) is 0 Å². The van der Waals surface area contributed by atoms with Crippen molar-refractivity contribution in [3.63, 3.8) is 0 Å². The molecular formula is C15H19N3. The average molecular weight is 241 g/mol. The Hall–Kier alpha value is -1.45. The van der Waals surface area contributed by atoms with Crippen LogP contribution >= 0.6 is 0 Å². The Morgan fingerprint density at radius 3 is 2.89 bits per heavy atom. The summed E-state index contributed by atoms with van der Waals surface area (Å²) in [6.07, 6.45) is 1.10. The third-order valence-corrected chi connectivity index (χ3v) is 3.86. The van der Waals surface area contributed by atoms with Gasteiger partial charge in [0, 0.05) is 29.6 Å². The van der Waals surface area contributed by atoms with Crippen LogP contribution in [0.25, 0.3) is 10.9 Å². The summed E-state index contributed by atoms with van der Waals surface area (Å²) >= 11 is 0. The van der Waals surface area contributed by atoms with Crippen LogP contribution in [0.3, 0.4) is 0 Å². The van der Waals surface area contributed by atoms with Crippen molar-refractivity contribution in [2.24, 2.45) is 5.73 Å². The van der Waals surface area contributed by atoms with E-state index in [1.54, 1.807) is 0 Å². The summed E-state index contributed by atoms with van der Waals surface area (Å²) in [6, 6.07) is 12.7. The lowest BCUT2D eigenvalue weighted by Gasteiger charge is -2.34. The number of likely N-dealkylation sites (tertiary alicyclic amines) is 1. The molecule has 1 aromatic heterocycles. The van der Waals surface area contributed by atoms with E-state index in [9.17, 15) is 0 Å². The number of pyridine rings is 1. The van der Waals surface area contributed by atoms with Crippen LogP contribution in [0.1, 0.15) is 18.0 Å². The first-order chi connectivity index (χ1) is 8.74. The fourth-order valence-corrected chi connectivity index (χ4v) is 2.81. The van der Waals surface area contributed by atoms with Crippen LogP contribution in [0.5, 0.6) is 0 Å². The SMILES string of the molecule is CN1CCC(c2ccc3ccccc3n2)C(N)C1. The predicted molar refractivity (Wildman–Crippen MR) is 74.6 cm³/mol. The normalized spacial score (nSPS) is 25.4. The molecule has 0 aliphatic carbocycles. The molecule has 2 heterocycles. The van der Waals surface area contributed by atoms with Gasteiger partial charge in [-0.05, 0) is 32.1 Å². The molecule has 18 heavy (non-hydrogen) atoms. The molecule has 2 atom stereocenters. The first-order valence-corrected chi connectivity index (χ1v) is 6.54. The summed E-state index contributed by atoms with van der Waals surface area (Å²) in [5.74, 6) is 0.394. The molecule has 3 rings (SSSR count). The lowest BCUT2D eigenvalue weighted by atomic mass is 9.89. The summed E-state index contributed by atoms with van der Waals surface area (Å²) in [6.45, 7) is 2.06. The molecule has 1 aliphatic heterocycles.